The Hall–Kier alpha value is -1.69. The first-order valence-corrected chi connectivity index (χ1v) is 6.93. The maximum absolute atomic E-state index is 13.3. The van der Waals surface area contributed by atoms with E-state index in [1.165, 1.54) is 6.07 Å². The number of hydrogen-bond acceptors (Lipinski definition) is 4. The second kappa shape index (κ2) is 6.17. The van der Waals surface area contributed by atoms with Crippen LogP contribution in [0.5, 0.6) is 0 Å². The van der Waals surface area contributed by atoms with Gasteiger partial charge < -0.3 is 10.2 Å². The molecular formula is C14H21FN4O. The Morgan fingerprint density at radius 2 is 2.30 bits per heavy atom. The molecule has 1 fully saturated rings. The Balaban J connectivity index is 2.18. The van der Waals surface area contributed by atoms with Crippen molar-refractivity contribution in [3.8, 4) is 0 Å². The molecule has 6 heteroatoms. The lowest BCUT2D eigenvalue weighted by atomic mass is 10.1. The van der Waals surface area contributed by atoms with Crippen molar-refractivity contribution in [2.75, 3.05) is 38.5 Å². The lowest BCUT2D eigenvalue weighted by Crippen LogP contribution is -2.53. The third kappa shape index (κ3) is 2.90. The molecule has 2 heterocycles. The molecule has 1 atom stereocenters. The Labute approximate surface area is 118 Å². The van der Waals surface area contributed by atoms with Gasteiger partial charge in [-0.05, 0) is 19.5 Å². The number of rotatable bonds is 3. The second-order valence-electron chi connectivity index (χ2n) is 5.03. The second-order valence-corrected chi connectivity index (χ2v) is 5.03. The van der Waals surface area contributed by atoms with Crippen LogP contribution in [-0.4, -0.2) is 60.0 Å². The first-order chi connectivity index (χ1) is 9.56. The molecule has 1 amide bonds. The topological polar surface area (TPSA) is 48.5 Å². The molecule has 1 aliphatic heterocycles. The molecule has 110 valence electrons. The van der Waals surface area contributed by atoms with Crippen molar-refractivity contribution >= 4 is 11.7 Å². The number of pyridine rings is 1. The number of piperazine rings is 1. The van der Waals surface area contributed by atoms with E-state index in [1.54, 1.807) is 11.9 Å². The minimum atomic E-state index is -0.493. The highest BCUT2D eigenvalue weighted by Gasteiger charge is 2.27. The normalized spacial score (nSPS) is 20.0. The van der Waals surface area contributed by atoms with Crippen LogP contribution in [0.4, 0.5) is 10.2 Å². The Morgan fingerprint density at radius 3 is 2.90 bits per heavy atom. The van der Waals surface area contributed by atoms with Crippen molar-refractivity contribution < 1.29 is 9.18 Å². The predicted octanol–water partition coefficient (Wildman–Crippen LogP) is 1.43. The Bertz CT molecular complexity index is 494. The average molecular weight is 280 g/mol. The van der Waals surface area contributed by atoms with E-state index in [9.17, 15) is 9.18 Å². The van der Waals surface area contributed by atoms with Gasteiger partial charge in [-0.2, -0.15) is 0 Å². The molecule has 0 saturated carbocycles. The van der Waals surface area contributed by atoms with Crippen molar-refractivity contribution in [1.82, 2.24) is 14.8 Å². The lowest BCUT2D eigenvalue weighted by molar-refractivity contribution is 0.0528. The SMILES string of the molecule is CCN1CCN(C(=O)c2cc(F)cnc2NC)CC1C. The van der Waals surface area contributed by atoms with Crippen LogP contribution >= 0.6 is 0 Å². The summed E-state index contributed by atoms with van der Waals surface area (Å²) in [5, 5.41) is 2.84. The lowest BCUT2D eigenvalue weighted by Gasteiger charge is -2.39. The number of carbonyl (C=O) groups is 1. The van der Waals surface area contributed by atoms with Gasteiger partial charge in [0.2, 0.25) is 0 Å². The average Bonchev–Trinajstić information content (AvgIpc) is 2.46. The van der Waals surface area contributed by atoms with Crippen molar-refractivity contribution in [3.63, 3.8) is 0 Å². The van der Waals surface area contributed by atoms with E-state index in [1.807, 2.05) is 0 Å². The van der Waals surface area contributed by atoms with Gasteiger partial charge in [-0.1, -0.05) is 6.92 Å². The molecule has 1 N–H and O–H groups in total. The zero-order chi connectivity index (χ0) is 14.7. The minimum absolute atomic E-state index is 0.163. The summed E-state index contributed by atoms with van der Waals surface area (Å²) in [6, 6.07) is 1.56. The molecule has 2 rings (SSSR count). The summed E-state index contributed by atoms with van der Waals surface area (Å²) in [6.07, 6.45) is 1.11. The van der Waals surface area contributed by atoms with Gasteiger partial charge in [-0.3, -0.25) is 9.69 Å². The summed E-state index contributed by atoms with van der Waals surface area (Å²) in [5.41, 5.74) is 0.296. The van der Waals surface area contributed by atoms with E-state index >= 15 is 0 Å². The minimum Gasteiger partial charge on any atom is -0.372 e. The van der Waals surface area contributed by atoms with Crippen molar-refractivity contribution in [2.45, 2.75) is 19.9 Å². The van der Waals surface area contributed by atoms with E-state index in [0.717, 1.165) is 19.3 Å². The Morgan fingerprint density at radius 1 is 1.55 bits per heavy atom. The highest BCUT2D eigenvalue weighted by molar-refractivity contribution is 5.98. The van der Waals surface area contributed by atoms with E-state index < -0.39 is 5.82 Å². The number of nitrogens with one attached hydrogen (secondary N) is 1. The van der Waals surface area contributed by atoms with Crippen LogP contribution in [0.2, 0.25) is 0 Å². The van der Waals surface area contributed by atoms with Crippen molar-refractivity contribution in [3.05, 3.63) is 23.6 Å². The third-order valence-corrected chi connectivity index (χ3v) is 3.78. The quantitative estimate of drug-likeness (QED) is 0.910. The summed E-state index contributed by atoms with van der Waals surface area (Å²) in [7, 11) is 1.68. The summed E-state index contributed by atoms with van der Waals surface area (Å²) in [4.78, 5) is 20.5. The smallest absolute Gasteiger partial charge is 0.257 e. The molecule has 1 saturated heterocycles. The number of nitrogens with zero attached hydrogens (tertiary/aromatic N) is 3. The van der Waals surface area contributed by atoms with Gasteiger partial charge in [0.1, 0.15) is 11.6 Å². The van der Waals surface area contributed by atoms with Gasteiger partial charge in [-0.15, -0.1) is 0 Å². The monoisotopic (exact) mass is 280 g/mol. The van der Waals surface area contributed by atoms with Crippen LogP contribution in [0.1, 0.15) is 24.2 Å². The van der Waals surface area contributed by atoms with Gasteiger partial charge in [0, 0.05) is 32.7 Å². The molecule has 5 nitrogen and oxygen atoms in total. The number of hydrogen-bond donors (Lipinski definition) is 1. The van der Waals surface area contributed by atoms with Crippen LogP contribution in [0.15, 0.2) is 12.3 Å². The van der Waals surface area contributed by atoms with Gasteiger partial charge in [-0.25, -0.2) is 9.37 Å². The maximum atomic E-state index is 13.3. The van der Waals surface area contributed by atoms with E-state index in [0.29, 0.717) is 30.5 Å². The molecule has 0 spiro atoms. The predicted molar refractivity (Wildman–Crippen MR) is 76.4 cm³/mol. The summed E-state index contributed by atoms with van der Waals surface area (Å²) >= 11 is 0. The van der Waals surface area contributed by atoms with Crippen LogP contribution in [0.25, 0.3) is 0 Å². The molecule has 0 aromatic carbocycles. The highest BCUT2D eigenvalue weighted by Crippen LogP contribution is 2.18. The molecule has 20 heavy (non-hydrogen) atoms. The van der Waals surface area contributed by atoms with Gasteiger partial charge in [0.25, 0.3) is 5.91 Å². The van der Waals surface area contributed by atoms with Crippen LogP contribution in [0.3, 0.4) is 0 Å². The number of carbonyl (C=O) groups excluding carboxylic acids is 1. The molecule has 1 aliphatic rings. The van der Waals surface area contributed by atoms with E-state index in [-0.39, 0.29) is 5.91 Å². The van der Waals surface area contributed by atoms with Gasteiger partial charge in [0.15, 0.2) is 0 Å². The van der Waals surface area contributed by atoms with E-state index in [4.69, 9.17) is 0 Å². The van der Waals surface area contributed by atoms with Crippen molar-refractivity contribution in [1.29, 1.82) is 0 Å². The molecule has 1 aromatic rings. The molecule has 0 bridgehead atoms. The third-order valence-electron chi connectivity index (χ3n) is 3.78. The Kier molecular flexibility index (Phi) is 4.54. The zero-order valence-electron chi connectivity index (χ0n) is 12.2. The fourth-order valence-electron chi connectivity index (χ4n) is 2.62. The molecule has 1 unspecified atom stereocenters. The summed E-state index contributed by atoms with van der Waals surface area (Å²) < 4.78 is 13.3. The fraction of sp³-hybridized carbons (Fsp3) is 0.571. The summed E-state index contributed by atoms with van der Waals surface area (Å²) in [5.74, 6) is -0.237. The molecule has 0 radical (unpaired) electrons. The standard InChI is InChI=1S/C14H21FN4O/c1-4-18-5-6-19(9-10(18)2)14(20)12-7-11(15)8-17-13(12)16-3/h7-8,10H,4-6,9H2,1-3H3,(H,16,17). The molecule has 0 aliphatic carbocycles. The van der Waals surface area contributed by atoms with Crippen LogP contribution in [-0.2, 0) is 0 Å². The molecular weight excluding hydrogens is 259 g/mol. The van der Waals surface area contributed by atoms with Gasteiger partial charge in [0.05, 0.1) is 11.8 Å². The maximum Gasteiger partial charge on any atom is 0.257 e. The first-order valence-electron chi connectivity index (χ1n) is 6.93. The summed E-state index contributed by atoms with van der Waals surface area (Å²) in [6.45, 7) is 7.37. The van der Waals surface area contributed by atoms with Gasteiger partial charge >= 0.3 is 0 Å². The fourth-order valence-corrected chi connectivity index (χ4v) is 2.62. The zero-order valence-corrected chi connectivity index (χ0v) is 12.2. The number of aromatic nitrogens is 1. The number of likely N-dealkylation sites (N-methyl/N-ethyl adjacent to an activating group) is 1. The number of halogens is 1. The van der Waals surface area contributed by atoms with E-state index in [2.05, 4.69) is 29.0 Å². The van der Waals surface area contributed by atoms with Crippen molar-refractivity contribution in [2.24, 2.45) is 0 Å². The van der Waals surface area contributed by atoms with Crippen LogP contribution < -0.4 is 5.32 Å². The molecule has 1 aromatic heterocycles. The largest absolute Gasteiger partial charge is 0.372 e. The number of amides is 1. The van der Waals surface area contributed by atoms with Crippen LogP contribution in [0, 0.1) is 5.82 Å². The first kappa shape index (κ1) is 14.7. The number of anilines is 1. The highest BCUT2D eigenvalue weighted by atomic mass is 19.1.